The number of pyridine rings is 1. The Labute approximate surface area is 220 Å². The van der Waals surface area contributed by atoms with Gasteiger partial charge in [0.05, 0.1) is 23.9 Å². The number of halogens is 1. The maximum absolute atomic E-state index is 12.1. The molecule has 0 amide bonds. The van der Waals surface area contributed by atoms with E-state index >= 15 is 0 Å². The largest absolute Gasteiger partial charge is 0.465 e. The van der Waals surface area contributed by atoms with Gasteiger partial charge in [-0.25, -0.2) is 9.78 Å². The lowest BCUT2D eigenvalue weighted by atomic mass is 9.98. The van der Waals surface area contributed by atoms with Crippen LogP contribution in [0.4, 0.5) is 0 Å². The fraction of sp³-hybridized carbons (Fsp3) is 0.167. The van der Waals surface area contributed by atoms with Crippen molar-refractivity contribution in [2.45, 2.75) is 25.0 Å². The minimum Gasteiger partial charge on any atom is -0.465 e. The number of hydrogen-bond acceptors (Lipinski definition) is 5. The van der Waals surface area contributed by atoms with E-state index in [1.54, 1.807) is 13.0 Å². The molecular weight excluding hydrogens is 490 g/mol. The minimum atomic E-state index is -0.349. The highest BCUT2D eigenvalue weighted by atomic mass is 35.5. The van der Waals surface area contributed by atoms with Crippen molar-refractivity contribution in [2.24, 2.45) is 0 Å². The molecule has 1 heterocycles. The number of carbonyl (C=O) groups excluding carboxylic acids is 2. The first-order valence-electron chi connectivity index (χ1n) is 11.6. The van der Waals surface area contributed by atoms with Crippen molar-refractivity contribution in [3.05, 3.63) is 112 Å². The summed E-state index contributed by atoms with van der Waals surface area (Å²) >= 11 is 7.43. The smallest absolute Gasteiger partial charge is 0.338 e. The number of nitrogens with zero attached hydrogens (tertiary/aromatic N) is 1. The third kappa shape index (κ3) is 6.62. The quantitative estimate of drug-likeness (QED) is 0.224. The summed E-state index contributed by atoms with van der Waals surface area (Å²) < 4.78 is 4.92. The summed E-state index contributed by atoms with van der Waals surface area (Å²) in [4.78, 5) is 28.9. The first-order chi connectivity index (χ1) is 17.4. The Bertz CT molecular complexity index is 1430. The number of esters is 1. The highest BCUT2D eigenvalue weighted by Gasteiger charge is 2.18. The molecule has 0 spiro atoms. The molecule has 36 heavy (non-hydrogen) atoms. The molecule has 0 fully saturated rings. The average Bonchev–Trinajstić information content (AvgIpc) is 2.89. The average molecular weight is 516 g/mol. The van der Waals surface area contributed by atoms with Gasteiger partial charge in [0, 0.05) is 22.6 Å². The molecule has 182 valence electrons. The van der Waals surface area contributed by atoms with Gasteiger partial charge in [0.2, 0.25) is 0 Å². The Morgan fingerprint density at radius 3 is 2.61 bits per heavy atom. The molecule has 0 saturated heterocycles. The summed E-state index contributed by atoms with van der Waals surface area (Å²) in [6.45, 7) is 1.58. The molecule has 0 unspecified atom stereocenters. The Morgan fingerprint density at radius 1 is 1.00 bits per heavy atom. The zero-order chi connectivity index (χ0) is 25.5. The van der Waals surface area contributed by atoms with Gasteiger partial charge in [-0.2, -0.15) is 0 Å². The van der Waals surface area contributed by atoms with Crippen molar-refractivity contribution < 1.29 is 14.3 Å². The summed E-state index contributed by atoms with van der Waals surface area (Å²) in [6, 6.07) is 25.3. The second-order valence-electron chi connectivity index (χ2n) is 8.36. The van der Waals surface area contributed by atoms with E-state index in [1.807, 2.05) is 78.9 Å². The number of benzene rings is 3. The number of carbonyl (C=O) groups is 2. The molecule has 0 aliphatic heterocycles. The Hall–Kier alpha value is -3.41. The van der Waals surface area contributed by atoms with Crippen LogP contribution in [-0.2, 0) is 16.0 Å². The van der Waals surface area contributed by atoms with Gasteiger partial charge in [-0.05, 0) is 59.9 Å². The molecule has 1 aromatic heterocycles. The summed E-state index contributed by atoms with van der Waals surface area (Å²) in [5, 5.41) is 1.71. The van der Waals surface area contributed by atoms with Gasteiger partial charge < -0.3 is 4.74 Å². The maximum Gasteiger partial charge on any atom is 0.338 e. The number of methoxy groups -OCH3 is 1. The van der Waals surface area contributed by atoms with Crippen molar-refractivity contribution in [3.8, 4) is 0 Å². The fourth-order valence-corrected chi connectivity index (χ4v) is 5.16. The fourth-order valence-electron chi connectivity index (χ4n) is 4.07. The minimum absolute atomic E-state index is 0.0394. The van der Waals surface area contributed by atoms with Crippen LogP contribution < -0.4 is 0 Å². The van der Waals surface area contributed by atoms with Crippen LogP contribution in [0.15, 0.2) is 78.9 Å². The molecule has 3 aromatic carbocycles. The summed E-state index contributed by atoms with van der Waals surface area (Å²) in [7, 11) is 1.38. The second kappa shape index (κ2) is 12.0. The van der Waals surface area contributed by atoms with Crippen LogP contribution in [0.1, 0.15) is 51.3 Å². The van der Waals surface area contributed by atoms with E-state index in [2.05, 4.69) is 11.1 Å². The van der Waals surface area contributed by atoms with Gasteiger partial charge in [0.15, 0.2) is 5.12 Å². The normalized spacial score (nSPS) is 12.1. The predicted molar refractivity (Wildman–Crippen MR) is 149 cm³/mol. The van der Waals surface area contributed by atoms with E-state index in [1.165, 1.54) is 18.9 Å². The number of hydrogen-bond donors (Lipinski definition) is 0. The van der Waals surface area contributed by atoms with Gasteiger partial charge in [-0.1, -0.05) is 84.0 Å². The SMILES string of the molecule is COC(=O)c1ccccc1CC[C@@H](SC(C)=O)c1cccc(/C=C/c2ccc3ccc(Cl)cc3n2)c1. The monoisotopic (exact) mass is 515 g/mol. The van der Waals surface area contributed by atoms with Crippen LogP contribution in [0.25, 0.3) is 23.1 Å². The lowest BCUT2D eigenvalue weighted by molar-refractivity contribution is -0.109. The number of aryl methyl sites for hydroxylation is 1. The van der Waals surface area contributed by atoms with Crippen molar-refractivity contribution in [1.29, 1.82) is 0 Å². The van der Waals surface area contributed by atoms with Crippen LogP contribution in [0.3, 0.4) is 0 Å². The first-order valence-corrected chi connectivity index (χ1v) is 12.9. The van der Waals surface area contributed by atoms with E-state index in [0.717, 1.165) is 33.3 Å². The van der Waals surface area contributed by atoms with Gasteiger partial charge in [0.25, 0.3) is 0 Å². The predicted octanol–water partition coefficient (Wildman–Crippen LogP) is 7.80. The van der Waals surface area contributed by atoms with Crippen LogP contribution in [0.5, 0.6) is 0 Å². The molecule has 0 bridgehead atoms. The van der Waals surface area contributed by atoms with Crippen LogP contribution in [-0.4, -0.2) is 23.2 Å². The molecule has 0 radical (unpaired) electrons. The summed E-state index contributed by atoms with van der Waals surface area (Å²) in [5.41, 5.74) is 5.24. The number of rotatable bonds is 8. The molecule has 0 aliphatic rings. The van der Waals surface area contributed by atoms with Crippen molar-refractivity contribution >= 4 is 57.5 Å². The zero-order valence-corrected chi connectivity index (χ0v) is 21.7. The highest BCUT2D eigenvalue weighted by Crippen LogP contribution is 2.35. The molecule has 0 saturated carbocycles. The van der Waals surface area contributed by atoms with E-state index in [-0.39, 0.29) is 16.3 Å². The molecule has 4 aromatic rings. The molecule has 0 N–H and O–H groups in total. The number of fused-ring (bicyclic) bond motifs is 1. The van der Waals surface area contributed by atoms with E-state index in [0.29, 0.717) is 23.4 Å². The van der Waals surface area contributed by atoms with Gasteiger partial charge in [-0.15, -0.1) is 0 Å². The van der Waals surface area contributed by atoms with E-state index in [9.17, 15) is 9.59 Å². The number of thioether (sulfide) groups is 1. The zero-order valence-electron chi connectivity index (χ0n) is 20.1. The van der Waals surface area contributed by atoms with Crippen molar-refractivity contribution in [1.82, 2.24) is 4.98 Å². The Morgan fingerprint density at radius 2 is 1.81 bits per heavy atom. The molecule has 1 atom stereocenters. The molecular formula is C30H26ClNO3S. The molecule has 6 heteroatoms. The third-order valence-corrected chi connectivity index (χ3v) is 7.17. The van der Waals surface area contributed by atoms with E-state index < -0.39 is 0 Å². The lowest BCUT2D eigenvalue weighted by Gasteiger charge is -2.17. The number of ether oxygens (including phenoxy) is 1. The second-order valence-corrected chi connectivity index (χ2v) is 10.2. The van der Waals surface area contributed by atoms with Crippen LogP contribution in [0, 0.1) is 0 Å². The molecule has 4 rings (SSSR count). The van der Waals surface area contributed by atoms with Crippen molar-refractivity contribution in [3.63, 3.8) is 0 Å². The molecule has 4 nitrogen and oxygen atoms in total. The Balaban J connectivity index is 1.54. The van der Waals surface area contributed by atoms with Gasteiger partial charge >= 0.3 is 5.97 Å². The number of aromatic nitrogens is 1. The summed E-state index contributed by atoms with van der Waals surface area (Å²) in [6.07, 6.45) is 5.35. The maximum atomic E-state index is 12.1. The van der Waals surface area contributed by atoms with Crippen LogP contribution >= 0.6 is 23.4 Å². The molecule has 0 aliphatic carbocycles. The summed E-state index contributed by atoms with van der Waals surface area (Å²) in [5.74, 6) is -0.349. The first kappa shape index (κ1) is 25.7. The van der Waals surface area contributed by atoms with Crippen LogP contribution in [0.2, 0.25) is 5.02 Å². The van der Waals surface area contributed by atoms with E-state index in [4.69, 9.17) is 16.3 Å². The Kier molecular flexibility index (Phi) is 8.57. The van der Waals surface area contributed by atoms with Gasteiger partial charge in [0.1, 0.15) is 0 Å². The highest BCUT2D eigenvalue weighted by molar-refractivity contribution is 8.13. The third-order valence-electron chi connectivity index (χ3n) is 5.81. The topological polar surface area (TPSA) is 56.3 Å². The standard InChI is InChI=1S/C30H26ClNO3S/c1-20(33)36-29(17-13-22-7-3-4-9-27(22)30(34)35-2)24-8-5-6-21(18-24)10-15-26-16-12-23-11-14-25(31)19-28(23)32-26/h3-12,14-16,18-19,29H,13,17H2,1-2H3/b15-10+/t29-/m1/s1. The van der Waals surface area contributed by atoms with Crippen molar-refractivity contribution in [2.75, 3.05) is 7.11 Å². The lowest BCUT2D eigenvalue weighted by Crippen LogP contribution is -2.07. The van der Waals surface area contributed by atoms with Gasteiger partial charge in [-0.3, -0.25) is 4.79 Å².